The summed E-state index contributed by atoms with van der Waals surface area (Å²) in [6, 6.07) is 7.24. The van der Waals surface area contributed by atoms with Crippen molar-refractivity contribution in [2.75, 3.05) is 11.9 Å². The lowest BCUT2D eigenvalue weighted by atomic mass is 10.1. The molecule has 0 spiro atoms. The number of anilines is 1. The molecule has 5 heteroatoms. The van der Waals surface area contributed by atoms with E-state index >= 15 is 0 Å². The number of esters is 1. The third kappa shape index (κ3) is 3.73. The van der Waals surface area contributed by atoms with Crippen LogP contribution in [0.4, 0.5) is 5.69 Å². The summed E-state index contributed by atoms with van der Waals surface area (Å²) in [6.45, 7) is 4.21. The first kappa shape index (κ1) is 15.3. The lowest BCUT2D eigenvalue weighted by molar-refractivity contribution is -0.147. The second-order valence-electron chi connectivity index (χ2n) is 4.92. The second-order valence-corrected chi connectivity index (χ2v) is 5.77. The van der Waals surface area contributed by atoms with Crippen molar-refractivity contribution in [1.82, 2.24) is 0 Å². The number of carbonyl (C=O) groups excluding carboxylic acids is 1. The van der Waals surface area contributed by atoms with Gasteiger partial charge in [-0.2, -0.15) is 0 Å². The minimum absolute atomic E-state index is 0.142. The summed E-state index contributed by atoms with van der Waals surface area (Å²) in [7, 11) is 0. The van der Waals surface area contributed by atoms with Crippen molar-refractivity contribution >= 4 is 27.6 Å². The average molecular weight is 342 g/mol. The van der Waals surface area contributed by atoms with E-state index in [0.717, 1.165) is 23.0 Å². The molecule has 0 aliphatic carbocycles. The van der Waals surface area contributed by atoms with Crippen LogP contribution < -0.4 is 5.32 Å². The van der Waals surface area contributed by atoms with Crippen molar-refractivity contribution < 1.29 is 14.3 Å². The van der Waals surface area contributed by atoms with E-state index in [4.69, 9.17) is 9.47 Å². The molecule has 110 valence electrons. The molecular weight excluding hydrogens is 322 g/mol. The predicted octanol–water partition coefficient (Wildman–Crippen LogP) is 3.36. The van der Waals surface area contributed by atoms with Gasteiger partial charge in [0.1, 0.15) is 0 Å². The van der Waals surface area contributed by atoms with Crippen molar-refractivity contribution in [2.45, 2.75) is 44.9 Å². The van der Waals surface area contributed by atoms with E-state index in [1.54, 1.807) is 0 Å². The summed E-state index contributed by atoms with van der Waals surface area (Å²) in [5.74, 6) is -0.262. The van der Waals surface area contributed by atoms with Crippen molar-refractivity contribution in [3.63, 3.8) is 0 Å². The van der Waals surface area contributed by atoms with Gasteiger partial charge in [0.2, 0.25) is 0 Å². The number of rotatable bonds is 5. The number of para-hydroxylation sites is 1. The first-order valence-electron chi connectivity index (χ1n) is 6.95. The Hall–Kier alpha value is -1.07. The fourth-order valence-electron chi connectivity index (χ4n) is 2.36. The van der Waals surface area contributed by atoms with Crippen LogP contribution >= 0.6 is 15.9 Å². The van der Waals surface area contributed by atoms with Crippen LogP contribution in [0.15, 0.2) is 28.7 Å². The van der Waals surface area contributed by atoms with Crippen LogP contribution in [0.1, 0.15) is 26.7 Å². The Bertz CT molecular complexity index is 466. The molecule has 1 aromatic rings. The Morgan fingerprint density at radius 1 is 1.50 bits per heavy atom. The van der Waals surface area contributed by atoms with Crippen LogP contribution in [0.3, 0.4) is 0 Å². The molecule has 1 N–H and O–H groups in total. The number of benzene rings is 1. The summed E-state index contributed by atoms with van der Waals surface area (Å²) in [4.78, 5) is 12.2. The Labute approximate surface area is 128 Å². The van der Waals surface area contributed by atoms with Crippen molar-refractivity contribution in [1.29, 1.82) is 0 Å². The van der Waals surface area contributed by atoms with Gasteiger partial charge in [-0.1, -0.05) is 12.1 Å². The fourth-order valence-corrected chi connectivity index (χ4v) is 2.76. The maximum absolute atomic E-state index is 12.2. The second kappa shape index (κ2) is 7.09. The maximum atomic E-state index is 12.2. The number of halogens is 1. The van der Waals surface area contributed by atoms with E-state index in [2.05, 4.69) is 21.2 Å². The van der Waals surface area contributed by atoms with Crippen LogP contribution in [-0.2, 0) is 14.3 Å². The first-order valence-corrected chi connectivity index (χ1v) is 7.74. The highest BCUT2D eigenvalue weighted by Gasteiger charge is 2.35. The van der Waals surface area contributed by atoms with E-state index in [9.17, 15) is 4.79 Å². The molecule has 0 saturated carbocycles. The molecular formula is C15H20BrNO3. The molecule has 1 saturated heterocycles. The van der Waals surface area contributed by atoms with E-state index in [1.807, 2.05) is 38.1 Å². The SMILES string of the molecule is CCOC(=O)C(Nc1ccccc1Br)C1CCC(C)O1. The Balaban J connectivity index is 2.14. The summed E-state index contributed by atoms with van der Waals surface area (Å²) in [5.41, 5.74) is 0.869. The summed E-state index contributed by atoms with van der Waals surface area (Å²) < 4.78 is 11.9. The lowest BCUT2D eigenvalue weighted by Crippen LogP contribution is -2.42. The molecule has 1 aromatic carbocycles. The minimum Gasteiger partial charge on any atom is -0.464 e. The average Bonchev–Trinajstić information content (AvgIpc) is 2.84. The molecule has 2 rings (SSSR count). The topological polar surface area (TPSA) is 47.6 Å². The van der Waals surface area contributed by atoms with Gasteiger partial charge in [0.25, 0.3) is 0 Å². The van der Waals surface area contributed by atoms with Crippen molar-refractivity contribution in [3.05, 3.63) is 28.7 Å². The van der Waals surface area contributed by atoms with Gasteiger partial charge >= 0.3 is 5.97 Å². The Kier molecular flexibility index (Phi) is 5.43. The molecule has 3 atom stereocenters. The van der Waals surface area contributed by atoms with Gasteiger partial charge in [-0.3, -0.25) is 0 Å². The highest BCUT2D eigenvalue weighted by Crippen LogP contribution is 2.27. The van der Waals surface area contributed by atoms with E-state index < -0.39 is 6.04 Å². The number of hydrogen-bond acceptors (Lipinski definition) is 4. The van der Waals surface area contributed by atoms with Crippen LogP contribution in [0.25, 0.3) is 0 Å². The monoisotopic (exact) mass is 341 g/mol. The molecule has 1 fully saturated rings. The predicted molar refractivity (Wildman–Crippen MR) is 81.8 cm³/mol. The van der Waals surface area contributed by atoms with Crippen LogP contribution in [0.5, 0.6) is 0 Å². The van der Waals surface area contributed by atoms with E-state index in [0.29, 0.717) is 6.61 Å². The zero-order valence-electron chi connectivity index (χ0n) is 11.8. The van der Waals surface area contributed by atoms with Gasteiger partial charge < -0.3 is 14.8 Å². The largest absolute Gasteiger partial charge is 0.464 e. The van der Waals surface area contributed by atoms with Gasteiger partial charge in [-0.05, 0) is 54.8 Å². The van der Waals surface area contributed by atoms with Crippen LogP contribution in [0, 0.1) is 0 Å². The molecule has 1 aliphatic rings. The molecule has 1 aliphatic heterocycles. The fraction of sp³-hybridized carbons (Fsp3) is 0.533. The van der Waals surface area contributed by atoms with E-state index in [-0.39, 0.29) is 18.2 Å². The Morgan fingerprint density at radius 2 is 2.25 bits per heavy atom. The van der Waals surface area contributed by atoms with Gasteiger partial charge in [0, 0.05) is 10.2 Å². The smallest absolute Gasteiger partial charge is 0.331 e. The Morgan fingerprint density at radius 3 is 2.85 bits per heavy atom. The highest BCUT2D eigenvalue weighted by atomic mass is 79.9. The molecule has 3 unspecified atom stereocenters. The lowest BCUT2D eigenvalue weighted by Gasteiger charge is -2.24. The number of carbonyl (C=O) groups is 1. The van der Waals surface area contributed by atoms with Crippen molar-refractivity contribution in [3.8, 4) is 0 Å². The highest BCUT2D eigenvalue weighted by molar-refractivity contribution is 9.10. The normalized spacial score (nSPS) is 23.4. The summed E-state index contributed by atoms with van der Waals surface area (Å²) >= 11 is 3.48. The summed E-state index contributed by atoms with van der Waals surface area (Å²) in [5, 5.41) is 3.25. The molecule has 0 amide bonds. The number of ether oxygens (including phenoxy) is 2. The van der Waals surface area contributed by atoms with Gasteiger partial charge in [0.05, 0.1) is 18.8 Å². The van der Waals surface area contributed by atoms with E-state index in [1.165, 1.54) is 0 Å². The van der Waals surface area contributed by atoms with Gasteiger partial charge in [-0.25, -0.2) is 4.79 Å². The minimum atomic E-state index is -0.474. The first-order chi connectivity index (χ1) is 9.61. The van der Waals surface area contributed by atoms with Crippen LogP contribution in [-0.4, -0.2) is 30.8 Å². The zero-order valence-corrected chi connectivity index (χ0v) is 13.4. The third-order valence-corrected chi connectivity index (χ3v) is 4.05. The number of hydrogen-bond donors (Lipinski definition) is 1. The molecule has 20 heavy (non-hydrogen) atoms. The maximum Gasteiger partial charge on any atom is 0.331 e. The number of nitrogens with one attached hydrogen (secondary N) is 1. The van der Waals surface area contributed by atoms with Crippen LogP contribution in [0.2, 0.25) is 0 Å². The molecule has 0 radical (unpaired) electrons. The van der Waals surface area contributed by atoms with Gasteiger partial charge in [0.15, 0.2) is 6.04 Å². The zero-order chi connectivity index (χ0) is 14.5. The van der Waals surface area contributed by atoms with Crippen molar-refractivity contribution in [2.24, 2.45) is 0 Å². The van der Waals surface area contributed by atoms with Gasteiger partial charge in [-0.15, -0.1) is 0 Å². The third-order valence-electron chi connectivity index (χ3n) is 3.36. The summed E-state index contributed by atoms with van der Waals surface area (Å²) in [6.07, 6.45) is 1.88. The standard InChI is InChI=1S/C15H20BrNO3/c1-3-19-15(18)14(13-9-8-10(2)20-13)17-12-7-5-4-6-11(12)16/h4-7,10,13-14,17H,3,8-9H2,1-2H3. The molecule has 0 aromatic heterocycles. The quantitative estimate of drug-likeness (QED) is 0.834. The molecule has 4 nitrogen and oxygen atoms in total. The molecule has 0 bridgehead atoms. The molecule has 1 heterocycles.